The highest BCUT2D eigenvalue weighted by Crippen LogP contribution is 2.20. The van der Waals surface area contributed by atoms with E-state index in [0.29, 0.717) is 22.8 Å². The van der Waals surface area contributed by atoms with Gasteiger partial charge in [-0.1, -0.05) is 25.4 Å². The minimum atomic E-state index is 0.325. The zero-order valence-electron chi connectivity index (χ0n) is 9.25. The summed E-state index contributed by atoms with van der Waals surface area (Å²) in [4.78, 5) is 8.01. The first-order valence-electron chi connectivity index (χ1n) is 4.94. The molecular weight excluding hydrogens is 214 g/mol. The molecule has 4 nitrogen and oxygen atoms in total. The molecule has 0 saturated heterocycles. The van der Waals surface area contributed by atoms with Gasteiger partial charge in [0.2, 0.25) is 0 Å². The van der Waals surface area contributed by atoms with Gasteiger partial charge in [-0.2, -0.15) is 4.98 Å². The third kappa shape index (κ3) is 3.91. The highest BCUT2D eigenvalue weighted by molar-refractivity contribution is 6.32. The molecule has 1 aromatic rings. The number of rotatable bonds is 5. The van der Waals surface area contributed by atoms with Gasteiger partial charge in [-0.25, -0.2) is 4.98 Å². The Morgan fingerprint density at radius 2 is 2.27 bits per heavy atom. The van der Waals surface area contributed by atoms with Crippen molar-refractivity contribution in [3.05, 3.63) is 11.2 Å². The Labute approximate surface area is 95.0 Å². The van der Waals surface area contributed by atoms with Crippen molar-refractivity contribution in [1.29, 1.82) is 0 Å². The normalized spacial score (nSPS) is 10.5. The van der Waals surface area contributed by atoms with E-state index in [4.69, 9.17) is 16.3 Å². The number of hydrogen-bond acceptors (Lipinski definition) is 4. The second kappa shape index (κ2) is 5.75. The molecule has 0 aliphatic heterocycles. The van der Waals surface area contributed by atoms with E-state index in [1.807, 2.05) is 0 Å². The van der Waals surface area contributed by atoms with Crippen LogP contribution in [0, 0.1) is 5.92 Å². The average molecular weight is 230 g/mol. The summed E-state index contributed by atoms with van der Waals surface area (Å²) in [6, 6.07) is 0.325. The van der Waals surface area contributed by atoms with Gasteiger partial charge in [-0.3, -0.25) is 0 Å². The molecule has 0 amide bonds. The topological polar surface area (TPSA) is 47.0 Å². The number of nitrogens with zero attached hydrogens (tertiary/aromatic N) is 2. The highest BCUT2D eigenvalue weighted by Gasteiger charge is 2.04. The Bertz CT molecular complexity index is 318. The first kappa shape index (κ1) is 12.0. The molecule has 1 heterocycles. The number of methoxy groups -OCH3 is 1. The summed E-state index contributed by atoms with van der Waals surface area (Å²) in [5.74, 6) is 1.28. The Hall–Kier alpha value is -1.03. The second-order valence-corrected chi connectivity index (χ2v) is 4.07. The van der Waals surface area contributed by atoms with E-state index in [0.717, 1.165) is 13.0 Å². The van der Waals surface area contributed by atoms with Crippen LogP contribution in [0.1, 0.15) is 20.3 Å². The predicted octanol–water partition coefficient (Wildman–Crippen LogP) is 2.60. The van der Waals surface area contributed by atoms with E-state index in [1.54, 1.807) is 0 Å². The van der Waals surface area contributed by atoms with Crippen LogP contribution >= 0.6 is 11.6 Å². The zero-order valence-corrected chi connectivity index (χ0v) is 10.0. The van der Waals surface area contributed by atoms with Crippen molar-refractivity contribution in [2.75, 3.05) is 19.0 Å². The molecule has 0 aromatic carbocycles. The summed E-state index contributed by atoms with van der Waals surface area (Å²) in [5, 5.41) is 3.67. The Kier molecular flexibility index (Phi) is 4.62. The molecule has 0 atom stereocenters. The van der Waals surface area contributed by atoms with Gasteiger partial charge in [-0.15, -0.1) is 0 Å². The second-order valence-electron chi connectivity index (χ2n) is 3.66. The molecule has 0 spiro atoms. The minimum Gasteiger partial charge on any atom is -0.467 e. The highest BCUT2D eigenvalue weighted by atomic mass is 35.5. The van der Waals surface area contributed by atoms with E-state index in [9.17, 15) is 0 Å². The van der Waals surface area contributed by atoms with Crippen molar-refractivity contribution in [2.24, 2.45) is 5.92 Å². The summed E-state index contributed by atoms with van der Waals surface area (Å²) in [6.45, 7) is 5.19. The van der Waals surface area contributed by atoms with Crippen LogP contribution in [0.15, 0.2) is 6.20 Å². The van der Waals surface area contributed by atoms with Gasteiger partial charge in [0.1, 0.15) is 5.02 Å². The molecule has 1 rings (SSSR count). The van der Waals surface area contributed by atoms with Crippen LogP contribution in [-0.4, -0.2) is 23.6 Å². The fraction of sp³-hybridized carbons (Fsp3) is 0.600. The van der Waals surface area contributed by atoms with Crippen molar-refractivity contribution >= 4 is 17.4 Å². The van der Waals surface area contributed by atoms with Crippen molar-refractivity contribution in [3.8, 4) is 6.01 Å². The summed E-state index contributed by atoms with van der Waals surface area (Å²) >= 11 is 5.93. The van der Waals surface area contributed by atoms with E-state index in [1.165, 1.54) is 13.3 Å². The predicted molar refractivity (Wildman–Crippen MR) is 61.5 cm³/mol. The lowest BCUT2D eigenvalue weighted by molar-refractivity contribution is 0.380. The third-order valence-electron chi connectivity index (χ3n) is 1.92. The lowest BCUT2D eigenvalue weighted by atomic mass is 10.1. The molecule has 84 valence electrons. The molecule has 0 aliphatic rings. The lowest BCUT2D eigenvalue weighted by Crippen LogP contribution is -2.07. The van der Waals surface area contributed by atoms with Gasteiger partial charge < -0.3 is 10.1 Å². The van der Waals surface area contributed by atoms with Crippen LogP contribution in [0.3, 0.4) is 0 Å². The zero-order chi connectivity index (χ0) is 11.3. The van der Waals surface area contributed by atoms with E-state index < -0.39 is 0 Å². The van der Waals surface area contributed by atoms with Gasteiger partial charge in [0.25, 0.3) is 0 Å². The monoisotopic (exact) mass is 229 g/mol. The van der Waals surface area contributed by atoms with Crippen molar-refractivity contribution in [1.82, 2.24) is 9.97 Å². The SMILES string of the molecule is COc1ncc(Cl)c(NCCC(C)C)n1. The molecule has 5 heteroatoms. The van der Waals surface area contributed by atoms with Crippen LogP contribution in [0.2, 0.25) is 5.02 Å². The van der Waals surface area contributed by atoms with Crippen LogP contribution < -0.4 is 10.1 Å². The van der Waals surface area contributed by atoms with Crippen LogP contribution in [0.25, 0.3) is 0 Å². The van der Waals surface area contributed by atoms with E-state index >= 15 is 0 Å². The minimum absolute atomic E-state index is 0.325. The molecular formula is C10H16ClN3O. The summed E-state index contributed by atoms with van der Waals surface area (Å²) in [6.07, 6.45) is 2.60. The van der Waals surface area contributed by atoms with E-state index in [2.05, 4.69) is 29.1 Å². The summed E-state index contributed by atoms with van der Waals surface area (Å²) in [5.41, 5.74) is 0. The van der Waals surface area contributed by atoms with E-state index in [-0.39, 0.29) is 0 Å². The van der Waals surface area contributed by atoms with Crippen LogP contribution in [0.4, 0.5) is 5.82 Å². The molecule has 15 heavy (non-hydrogen) atoms. The molecule has 0 radical (unpaired) electrons. The summed E-state index contributed by atoms with van der Waals surface area (Å²) < 4.78 is 4.92. The fourth-order valence-corrected chi connectivity index (χ4v) is 1.21. The first-order valence-corrected chi connectivity index (χ1v) is 5.31. The fourth-order valence-electron chi connectivity index (χ4n) is 1.05. The molecule has 0 fully saturated rings. The molecule has 0 bridgehead atoms. The summed E-state index contributed by atoms with van der Waals surface area (Å²) in [7, 11) is 1.53. The number of ether oxygens (including phenoxy) is 1. The van der Waals surface area contributed by atoms with Gasteiger partial charge in [0.05, 0.1) is 13.3 Å². The standard InChI is InChI=1S/C10H16ClN3O/c1-7(2)4-5-12-9-8(11)6-13-10(14-9)15-3/h6-7H,4-5H2,1-3H3,(H,12,13,14). The Morgan fingerprint density at radius 1 is 1.53 bits per heavy atom. The molecule has 0 aliphatic carbocycles. The maximum atomic E-state index is 5.93. The number of aromatic nitrogens is 2. The van der Waals surface area contributed by atoms with Gasteiger partial charge in [-0.05, 0) is 12.3 Å². The molecule has 1 aromatic heterocycles. The molecule has 0 unspecified atom stereocenters. The number of hydrogen-bond donors (Lipinski definition) is 1. The molecule has 0 saturated carbocycles. The van der Waals surface area contributed by atoms with Crippen molar-refractivity contribution in [3.63, 3.8) is 0 Å². The first-order chi connectivity index (χ1) is 7.13. The van der Waals surface area contributed by atoms with Gasteiger partial charge >= 0.3 is 6.01 Å². The smallest absolute Gasteiger partial charge is 0.318 e. The lowest BCUT2D eigenvalue weighted by Gasteiger charge is -2.09. The molecule has 1 N–H and O–H groups in total. The number of nitrogens with one attached hydrogen (secondary N) is 1. The Morgan fingerprint density at radius 3 is 2.87 bits per heavy atom. The largest absolute Gasteiger partial charge is 0.467 e. The maximum Gasteiger partial charge on any atom is 0.318 e. The maximum absolute atomic E-state index is 5.93. The number of halogens is 1. The van der Waals surface area contributed by atoms with Crippen LogP contribution in [0.5, 0.6) is 6.01 Å². The van der Waals surface area contributed by atoms with Gasteiger partial charge in [0, 0.05) is 6.54 Å². The van der Waals surface area contributed by atoms with Gasteiger partial charge in [0.15, 0.2) is 5.82 Å². The van der Waals surface area contributed by atoms with Crippen LogP contribution in [-0.2, 0) is 0 Å². The Balaban J connectivity index is 2.59. The third-order valence-corrected chi connectivity index (χ3v) is 2.20. The van der Waals surface area contributed by atoms with Crippen molar-refractivity contribution < 1.29 is 4.74 Å². The average Bonchev–Trinajstić information content (AvgIpc) is 2.20. The quantitative estimate of drug-likeness (QED) is 0.843. The number of anilines is 1. The van der Waals surface area contributed by atoms with Crippen molar-refractivity contribution in [2.45, 2.75) is 20.3 Å².